The van der Waals surface area contributed by atoms with Gasteiger partial charge in [0.15, 0.2) is 0 Å². The highest BCUT2D eigenvalue weighted by atomic mass is 32.2. The predicted octanol–water partition coefficient (Wildman–Crippen LogP) is 3.95. The lowest BCUT2D eigenvalue weighted by Gasteiger charge is -2.21. The van der Waals surface area contributed by atoms with Crippen LogP contribution in [0.2, 0.25) is 0 Å². The van der Waals surface area contributed by atoms with Gasteiger partial charge in [0.1, 0.15) is 0 Å². The lowest BCUT2D eigenvalue weighted by atomic mass is 10.2. The van der Waals surface area contributed by atoms with Crippen LogP contribution >= 0.6 is 11.8 Å². The van der Waals surface area contributed by atoms with Crippen molar-refractivity contribution in [2.75, 3.05) is 6.54 Å². The third-order valence-electron chi connectivity index (χ3n) is 3.27. The van der Waals surface area contributed by atoms with Gasteiger partial charge in [-0.05, 0) is 37.4 Å². The standard InChI is InChI=1S/C15H23NS/c1-12(2)11-16-14-9-6-10-15(14)17-13-7-4-3-5-8-13/h3-5,7-8,12,14-16H,6,9-11H2,1-2H3. The molecule has 0 aliphatic heterocycles. The van der Waals surface area contributed by atoms with Gasteiger partial charge in [0, 0.05) is 16.2 Å². The SMILES string of the molecule is CC(C)CNC1CCCC1Sc1ccccc1. The van der Waals surface area contributed by atoms with E-state index in [1.807, 2.05) is 11.8 Å². The van der Waals surface area contributed by atoms with Crippen molar-refractivity contribution in [3.8, 4) is 0 Å². The molecule has 1 N–H and O–H groups in total. The van der Waals surface area contributed by atoms with Crippen LogP contribution in [-0.2, 0) is 0 Å². The first kappa shape index (κ1) is 13.0. The molecule has 0 saturated heterocycles. The molecule has 0 heterocycles. The highest BCUT2D eigenvalue weighted by molar-refractivity contribution is 8.00. The summed E-state index contributed by atoms with van der Waals surface area (Å²) < 4.78 is 0. The Morgan fingerprint density at radius 1 is 1.24 bits per heavy atom. The lowest BCUT2D eigenvalue weighted by Crippen LogP contribution is -2.36. The quantitative estimate of drug-likeness (QED) is 0.848. The van der Waals surface area contributed by atoms with Gasteiger partial charge in [-0.25, -0.2) is 0 Å². The minimum Gasteiger partial charge on any atom is -0.313 e. The van der Waals surface area contributed by atoms with Crippen molar-refractivity contribution in [1.82, 2.24) is 5.32 Å². The number of hydrogen-bond donors (Lipinski definition) is 1. The van der Waals surface area contributed by atoms with Crippen LogP contribution in [0.4, 0.5) is 0 Å². The Balaban J connectivity index is 1.87. The molecule has 1 fully saturated rings. The largest absolute Gasteiger partial charge is 0.313 e. The molecule has 2 atom stereocenters. The summed E-state index contributed by atoms with van der Waals surface area (Å²) in [7, 11) is 0. The number of rotatable bonds is 5. The van der Waals surface area contributed by atoms with Crippen LogP contribution < -0.4 is 5.32 Å². The maximum absolute atomic E-state index is 3.73. The van der Waals surface area contributed by atoms with E-state index in [2.05, 4.69) is 49.5 Å². The van der Waals surface area contributed by atoms with E-state index in [9.17, 15) is 0 Å². The van der Waals surface area contributed by atoms with E-state index in [1.165, 1.54) is 24.2 Å². The molecule has 1 aromatic rings. The molecule has 1 nitrogen and oxygen atoms in total. The molecule has 17 heavy (non-hydrogen) atoms. The first-order valence-corrected chi connectivity index (χ1v) is 7.59. The van der Waals surface area contributed by atoms with E-state index in [0.717, 1.165) is 17.7 Å². The predicted molar refractivity (Wildman–Crippen MR) is 76.6 cm³/mol. The molecular weight excluding hydrogens is 226 g/mol. The minimum atomic E-state index is 0.711. The zero-order valence-electron chi connectivity index (χ0n) is 10.9. The summed E-state index contributed by atoms with van der Waals surface area (Å²) in [6.45, 7) is 5.71. The topological polar surface area (TPSA) is 12.0 Å². The maximum atomic E-state index is 3.73. The molecule has 2 unspecified atom stereocenters. The van der Waals surface area contributed by atoms with Gasteiger partial charge in [0.25, 0.3) is 0 Å². The first-order chi connectivity index (χ1) is 8.25. The Labute approximate surface area is 109 Å². The zero-order chi connectivity index (χ0) is 12.1. The second-order valence-corrected chi connectivity index (χ2v) is 6.62. The maximum Gasteiger partial charge on any atom is 0.0248 e. The van der Waals surface area contributed by atoms with E-state index in [1.54, 1.807) is 0 Å². The van der Waals surface area contributed by atoms with E-state index in [4.69, 9.17) is 0 Å². The molecule has 1 aromatic carbocycles. The van der Waals surface area contributed by atoms with Gasteiger partial charge < -0.3 is 5.32 Å². The fraction of sp³-hybridized carbons (Fsp3) is 0.600. The van der Waals surface area contributed by atoms with Crippen LogP contribution in [0.3, 0.4) is 0 Å². The Morgan fingerprint density at radius 3 is 2.71 bits per heavy atom. The molecule has 0 bridgehead atoms. The van der Waals surface area contributed by atoms with Gasteiger partial charge in [-0.3, -0.25) is 0 Å². The summed E-state index contributed by atoms with van der Waals surface area (Å²) in [5.41, 5.74) is 0. The van der Waals surface area contributed by atoms with E-state index in [0.29, 0.717) is 6.04 Å². The summed E-state index contributed by atoms with van der Waals surface area (Å²) in [6, 6.07) is 11.5. The summed E-state index contributed by atoms with van der Waals surface area (Å²) in [5, 5.41) is 4.49. The van der Waals surface area contributed by atoms with Crippen molar-refractivity contribution in [3.05, 3.63) is 30.3 Å². The van der Waals surface area contributed by atoms with Crippen molar-refractivity contribution < 1.29 is 0 Å². The lowest BCUT2D eigenvalue weighted by molar-refractivity contribution is 0.474. The number of thioether (sulfide) groups is 1. The fourth-order valence-electron chi connectivity index (χ4n) is 2.36. The van der Waals surface area contributed by atoms with Crippen molar-refractivity contribution >= 4 is 11.8 Å². The molecule has 2 heteroatoms. The van der Waals surface area contributed by atoms with Crippen LogP contribution in [0.1, 0.15) is 33.1 Å². The fourth-order valence-corrected chi connectivity index (χ4v) is 3.71. The average molecular weight is 249 g/mol. The zero-order valence-corrected chi connectivity index (χ0v) is 11.7. The second kappa shape index (κ2) is 6.46. The van der Waals surface area contributed by atoms with Crippen molar-refractivity contribution in [3.63, 3.8) is 0 Å². The summed E-state index contributed by atoms with van der Waals surface area (Å²) in [6.07, 6.45) is 4.08. The van der Waals surface area contributed by atoms with Gasteiger partial charge in [0.05, 0.1) is 0 Å². The van der Waals surface area contributed by atoms with Crippen molar-refractivity contribution in [2.45, 2.75) is 49.3 Å². The van der Waals surface area contributed by atoms with E-state index < -0.39 is 0 Å². The Morgan fingerprint density at radius 2 is 2.00 bits per heavy atom. The molecule has 94 valence electrons. The summed E-state index contributed by atoms with van der Waals surface area (Å²) in [5.74, 6) is 0.748. The number of benzene rings is 1. The Kier molecular flexibility index (Phi) is 4.93. The second-order valence-electron chi connectivity index (χ2n) is 5.31. The van der Waals surface area contributed by atoms with E-state index in [-0.39, 0.29) is 0 Å². The van der Waals surface area contributed by atoms with Gasteiger partial charge in [0.2, 0.25) is 0 Å². The molecule has 0 radical (unpaired) electrons. The molecule has 1 saturated carbocycles. The monoisotopic (exact) mass is 249 g/mol. The summed E-state index contributed by atoms with van der Waals surface area (Å²) >= 11 is 2.05. The molecule has 0 spiro atoms. The Hall–Kier alpha value is -0.470. The van der Waals surface area contributed by atoms with Crippen molar-refractivity contribution in [1.29, 1.82) is 0 Å². The van der Waals surface area contributed by atoms with Gasteiger partial charge in [-0.2, -0.15) is 0 Å². The highest BCUT2D eigenvalue weighted by Gasteiger charge is 2.27. The molecule has 0 aromatic heterocycles. The van der Waals surface area contributed by atoms with Crippen LogP contribution in [-0.4, -0.2) is 17.8 Å². The van der Waals surface area contributed by atoms with Crippen LogP contribution in [0.5, 0.6) is 0 Å². The minimum absolute atomic E-state index is 0.711. The molecule has 2 rings (SSSR count). The van der Waals surface area contributed by atoms with Crippen LogP contribution in [0.25, 0.3) is 0 Å². The number of nitrogens with one attached hydrogen (secondary N) is 1. The van der Waals surface area contributed by atoms with Gasteiger partial charge >= 0.3 is 0 Å². The molecule has 1 aliphatic rings. The first-order valence-electron chi connectivity index (χ1n) is 6.71. The van der Waals surface area contributed by atoms with Crippen molar-refractivity contribution in [2.24, 2.45) is 5.92 Å². The normalized spacial score (nSPS) is 24.4. The average Bonchev–Trinajstić information content (AvgIpc) is 2.75. The molecule has 0 amide bonds. The third kappa shape index (κ3) is 4.04. The Bertz CT molecular complexity index is 323. The van der Waals surface area contributed by atoms with Crippen LogP contribution in [0.15, 0.2) is 35.2 Å². The summed E-state index contributed by atoms with van der Waals surface area (Å²) in [4.78, 5) is 1.41. The highest BCUT2D eigenvalue weighted by Crippen LogP contribution is 2.34. The van der Waals surface area contributed by atoms with Gasteiger partial charge in [-0.15, -0.1) is 11.8 Å². The smallest absolute Gasteiger partial charge is 0.0248 e. The van der Waals surface area contributed by atoms with Gasteiger partial charge in [-0.1, -0.05) is 38.5 Å². The van der Waals surface area contributed by atoms with Crippen LogP contribution in [0, 0.1) is 5.92 Å². The van der Waals surface area contributed by atoms with E-state index >= 15 is 0 Å². The molecule has 1 aliphatic carbocycles. The number of hydrogen-bond acceptors (Lipinski definition) is 2. The third-order valence-corrected chi connectivity index (χ3v) is 4.68. The molecular formula is C15H23NS.